The third kappa shape index (κ3) is 7.92. The van der Waals surface area contributed by atoms with Gasteiger partial charge in [-0.3, -0.25) is 19.5 Å². The van der Waals surface area contributed by atoms with E-state index in [2.05, 4.69) is 20.5 Å². The second kappa shape index (κ2) is 12.1. The zero-order chi connectivity index (χ0) is 31.7. The maximum absolute atomic E-state index is 13.7. The van der Waals surface area contributed by atoms with Gasteiger partial charge >= 0.3 is 30.0 Å². The highest BCUT2D eigenvalue weighted by molar-refractivity contribution is 7.99. The van der Waals surface area contributed by atoms with Crippen molar-refractivity contribution in [3.63, 3.8) is 0 Å². The third-order valence-corrected chi connectivity index (χ3v) is 7.81. The fraction of sp³-hybridized carbons (Fsp3) is 0.741. The van der Waals surface area contributed by atoms with Crippen LogP contribution in [0.2, 0.25) is 0 Å². The van der Waals surface area contributed by atoms with Gasteiger partial charge < -0.3 is 29.0 Å². The van der Waals surface area contributed by atoms with Crippen molar-refractivity contribution in [1.82, 2.24) is 20.5 Å². The van der Waals surface area contributed by atoms with Crippen molar-refractivity contribution in [2.24, 2.45) is 28.6 Å². The number of aromatic amines is 1. The molecule has 0 bridgehead atoms. The van der Waals surface area contributed by atoms with Gasteiger partial charge in [-0.25, -0.2) is 14.6 Å². The van der Waals surface area contributed by atoms with Gasteiger partial charge in [0.2, 0.25) is 13.6 Å². The molecular formula is C27H40N4O10S. The first-order valence-corrected chi connectivity index (χ1v) is 14.4. The molecule has 0 radical (unpaired) electrons. The van der Waals surface area contributed by atoms with Crippen LogP contribution in [0, 0.1) is 28.6 Å². The van der Waals surface area contributed by atoms with Gasteiger partial charge in [-0.2, -0.15) is 5.10 Å². The number of nitrogens with zero attached hydrogens (tertiary/aromatic N) is 2. The Morgan fingerprint density at radius 1 is 0.929 bits per heavy atom. The van der Waals surface area contributed by atoms with E-state index in [0.29, 0.717) is 5.16 Å². The molecule has 0 saturated heterocycles. The second-order valence-electron chi connectivity index (χ2n) is 13.4. The van der Waals surface area contributed by atoms with E-state index in [0.717, 1.165) is 0 Å². The summed E-state index contributed by atoms with van der Waals surface area (Å²) in [5.74, 6) is -4.83. The molecule has 0 aliphatic heterocycles. The second-order valence-corrected chi connectivity index (χ2v) is 14.6. The number of fused-ring (bicyclic) bond motifs is 1. The van der Waals surface area contributed by atoms with Gasteiger partial charge in [0.05, 0.1) is 16.7 Å². The Hall–Kier alpha value is -3.36. The molecule has 15 heteroatoms. The summed E-state index contributed by atoms with van der Waals surface area (Å²) in [4.78, 5) is 68.4. The number of hydrogen-bond donors (Lipinski definition) is 2. The molecule has 3 rings (SSSR count). The van der Waals surface area contributed by atoms with E-state index in [4.69, 9.17) is 23.7 Å². The summed E-state index contributed by atoms with van der Waals surface area (Å²) < 4.78 is 26.3. The molecule has 42 heavy (non-hydrogen) atoms. The number of thioether (sulfide) groups is 1. The Kier molecular flexibility index (Phi) is 9.54. The maximum Gasteiger partial charge on any atom is 0.408 e. The van der Waals surface area contributed by atoms with Crippen LogP contribution in [0.4, 0.5) is 4.79 Å². The van der Waals surface area contributed by atoms with Crippen molar-refractivity contribution in [1.29, 1.82) is 0 Å². The van der Waals surface area contributed by atoms with Crippen molar-refractivity contribution in [3.05, 3.63) is 6.33 Å². The third-order valence-electron chi connectivity index (χ3n) is 6.61. The number of amides is 1. The van der Waals surface area contributed by atoms with Gasteiger partial charge in [0.15, 0.2) is 5.16 Å². The monoisotopic (exact) mass is 612 g/mol. The van der Waals surface area contributed by atoms with Crippen LogP contribution in [0.5, 0.6) is 0 Å². The summed E-state index contributed by atoms with van der Waals surface area (Å²) in [6, 6.07) is 0. The molecule has 1 aromatic heterocycles. The molecular weight excluding hydrogens is 572 g/mol. The van der Waals surface area contributed by atoms with Crippen LogP contribution in [0.3, 0.4) is 0 Å². The van der Waals surface area contributed by atoms with Gasteiger partial charge in [0, 0.05) is 11.2 Å². The lowest BCUT2D eigenvalue weighted by Crippen LogP contribution is -2.58. The van der Waals surface area contributed by atoms with Crippen molar-refractivity contribution in [2.75, 3.05) is 13.6 Å². The number of esters is 4. The molecule has 5 unspecified atom stereocenters. The number of nitrogens with one attached hydrogen (secondary N) is 2. The van der Waals surface area contributed by atoms with Gasteiger partial charge in [-0.1, -0.05) is 11.8 Å². The molecule has 2 saturated carbocycles. The van der Waals surface area contributed by atoms with Gasteiger partial charge in [0.25, 0.3) is 0 Å². The lowest BCUT2D eigenvalue weighted by Gasteiger charge is -2.33. The fourth-order valence-electron chi connectivity index (χ4n) is 4.67. The average Bonchev–Trinajstić information content (AvgIpc) is 3.23. The minimum absolute atomic E-state index is 0.0434. The molecule has 2 fully saturated rings. The largest absolute Gasteiger partial charge is 0.444 e. The standard InChI is InChI=1S/C27H40N4O10S/c1-24(2,3)19(33)38-12-37-18(32)16-15-14(42-22-28-11-29-31-22)10-27(17(15)16,30-23(36)41-26(7,8)9)21(35)40-13-39-20(34)25(4,5)6/h11,14-17H,10,12-13H2,1-9H3,(H,30,36)(H,28,29,31). The Morgan fingerprint density at radius 3 is 2.00 bits per heavy atom. The molecule has 2 aliphatic rings. The van der Waals surface area contributed by atoms with Crippen LogP contribution in [-0.4, -0.2) is 75.1 Å². The number of alkyl carbamates (subject to hydrolysis) is 1. The minimum Gasteiger partial charge on any atom is -0.444 e. The van der Waals surface area contributed by atoms with Gasteiger partial charge in [-0.05, 0) is 74.7 Å². The molecule has 2 N–H and O–H groups in total. The van der Waals surface area contributed by atoms with Crippen LogP contribution in [0.15, 0.2) is 11.5 Å². The SMILES string of the molecule is CC(C)(C)OC(=O)NC1(C(=O)OCOC(=O)C(C)(C)C)CC(Sc2ncn[nH]2)C2C(C(=O)OCOC(=O)C(C)(C)C)C21. The van der Waals surface area contributed by atoms with Crippen molar-refractivity contribution < 1.29 is 47.7 Å². The Morgan fingerprint density at radius 2 is 1.50 bits per heavy atom. The molecule has 1 amide bonds. The number of carbonyl (C=O) groups is 5. The van der Waals surface area contributed by atoms with Crippen LogP contribution < -0.4 is 5.32 Å². The number of ether oxygens (including phenoxy) is 5. The fourth-order valence-corrected chi connectivity index (χ4v) is 6.01. The Balaban J connectivity index is 1.86. The van der Waals surface area contributed by atoms with E-state index in [9.17, 15) is 24.0 Å². The van der Waals surface area contributed by atoms with E-state index < -0.39 is 88.5 Å². The first kappa shape index (κ1) is 33.1. The maximum atomic E-state index is 13.7. The van der Waals surface area contributed by atoms with Crippen LogP contribution >= 0.6 is 11.8 Å². The quantitative estimate of drug-likeness (QED) is 0.236. The lowest BCUT2D eigenvalue weighted by molar-refractivity contribution is -0.177. The lowest BCUT2D eigenvalue weighted by atomic mass is 9.90. The van der Waals surface area contributed by atoms with Crippen molar-refractivity contribution in [2.45, 2.75) is 90.3 Å². The zero-order valence-corrected chi connectivity index (χ0v) is 26.2. The Bertz CT molecular complexity index is 1180. The van der Waals surface area contributed by atoms with Gasteiger partial charge in [-0.15, -0.1) is 0 Å². The molecule has 1 aromatic rings. The van der Waals surface area contributed by atoms with Crippen molar-refractivity contribution in [3.8, 4) is 0 Å². The average molecular weight is 613 g/mol. The molecule has 234 valence electrons. The van der Waals surface area contributed by atoms with Gasteiger partial charge in [0.1, 0.15) is 17.5 Å². The van der Waals surface area contributed by atoms with E-state index >= 15 is 0 Å². The summed E-state index contributed by atoms with van der Waals surface area (Å²) in [6.45, 7) is 13.6. The van der Waals surface area contributed by atoms with E-state index in [1.807, 2.05) is 0 Å². The molecule has 5 atom stereocenters. The molecule has 0 spiro atoms. The summed E-state index contributed by atoms with van der Waals surface area (Å²) >= 11 is 1.25. The number of H-pyrrole nitrogens is 1. The highest BCUT2D eigenvalue weighted by Gasteiger charge is 2.76. The topological polar surface area (TPSA) is 185 Å². The highest BCUT2D eigenvalue weighted by Crippen LogP contribution is 2.66. The van der Waals surface area contributed by atoms with E-state index in [1.54, 1.807) is 62.3 Å². The molecule has 14 nitrogen and oxygen atoms in total. The number of aromatic nitrogens is 3. The Labute approximate surface area is 248 Å². The number of carbonyl (C=O) groups excluding carboxylic acids is 5. The summed E-state index contributed by atoms with van der Waals surface area (Å²) in [7, 11) is 0. The minimum atomic E-state index is -1.73. The zero-order valence-electron chi connectivity index (χ0n) is 25.4. The normalized spacial score (nSPS) is 25.1. The summed E-state index contributed by atoms with van der Waals surface area (Å²) in [5.41, 5.74) is -4.25. The first-order valence-electron chi connectivity index (χ1n) is 13.5. The van der Waals surface area contributed by atoms with E-state index in [-0.39, 0.29) is 6.42 Å². The molecule has 0 aromatic carbocycles. The summed E-state index contributed by atoms with van der Waals surface area (Å²) in [5, 5.41) is 9.27. The predicted molar refractivity (Wildman–Crippen MR) is 146 cm³/mol. The number of hydrogen-bond acceptors (Lipinski definition) is 13. The number of rotatable bonds is 9. The van der Waals surface area contributed by atoms with E-state index in [1.165, 1.54) is 18.1 Å². The predicted octanol–water partition coefficient (Wildman–Crippen LogP) is 2.97. The molecule has 2 aliphatic carbocycles. The van der Waals surface area contributed by atoms with Crippen molar-refractivity contribution >= 4 is 41.7 Å². The first-order chi connectivity index (χ1) is 19.3. The van der Waals surface area contributed by atoms with Crippen LogP contribution in [0.25, 0.3) is 0 Å². The van der Waals surface area contributed by atoms with Crippen LogP contribution in [-0.2, 0) is 42.9 Å². The van der Waals surface area contributed by atoms with Crippen LogP contribution in [0.1, 0.15) is 68.7 Å². The summed E-state index contributed by atoms with van der Waals surface area (Å²) in [6.07, 6.45) is 0.469. The molecule has 1 heterocycles. The highest BCUT2D eigenvalue weighted by atomic mass is 32.2. The smallest absolute Gasteiger partial charge is 0.408 e.